The third-order valence-electron chi connectivity index (χ3n) is 2.83. The third kappa shape index (κ3) is 3.75. The summed E-state index contributed by atoms with van der Waals surface area (Å²) in [6.45, 7) is 5.68. The van der Waals surface area contributed by atoms with Crippen molar-refractivity contribution in [1.82, 2.24) is 10.3 Å². The van der Waals surface area contributed by atoms with Gasteiger partial charge in [-0.2, -0.15) is 0 Å². The largest absolute Gasteiger partial charge is 0.347 e. The molecule has 0 unspecified atom stereocenters. The van der Waals surface area contributed by atoms with Crippen molar-refractivity contribution in [3.63, 3.8) is 0 Å². The molecule has 0 spiro atoms. The molecule has 2 aromatic rings. The van der Waals surface area contributed by atoms with Crippen molar-refractivity contribution in [1.29, 1.82) is 0 Å². The van der Waals surface area contributed by atoms with Gasteiger partial charge < -0.3 is 5.32 Å². The quantitative estimate of drug-likeness (QED) is 0.881. The van der Waals surface area contributed by atoms with Gasteiger partial charge in [-0.15, -0.1) is 0 Å². The maximum absolute atomic E-state index is 12.5. The summed E-state index contributed by atoms with van der Waals surface area (Å²) in [4.78, 5) is 28.8. The zero-order chi connectivity index (χ0) is 15.5. The molecule has 4 heteroatoms. The molecule has 0 radical (unpaired) electrons. The average Bonchev–Trinajstić information content (AvgIpc) is 2.45. The zero-order valence-electron chi connectivity index (χ0n) is 12.4. The number of carbonyl (C=O) groups excluding carboxylic acids is 2. The lowest BCUT2D eigenvalue weighted by atomic mass is 9.99. The highest BCUT2D eigenvalue weighted by atomic mass is 16.2. The van der Waals surface area contributed by atoms with Crippen LogP contribution in [0.1, 0.15) is 47.1 Å². The Hall–Kier alpha value is -2.49. The number of amides is 1. The number of hydrogen-bond acceptors (Lipinski definition) is 3. The zero-order valence-corrected chi connectivity index (χ0v) is 12.4. The van der Waals surface area contributed by atoms with E-state index in [1.54, 1.807) is 30.3 Å². The van der Waals surface area contributed by atoms with Crippen molar-refractivity contribution >= 4 is 11.7 Å². The van der Waals surface area contributed by atoms with Crippen LogP contribution in [0.25, 0.3) is 0 Å². The second-order valence-electron chi connectivity index (χ2n) is 5.82. The van der Waals surface area contributed by atoms with Crippen molar-refractivity contribution in [3.8, 4) is 0 Å². The fourth-order valence-electron chi connectivity index (χ4n) is 1.93. The maximum Gasteiger partial charge on any atom is 0.252 e. The van der Waals surface area contributed by atoms with Crippen LogP contribution in [-0.2, 0) is 0 Å². The van der Waals surface area contributed by atoms with Crippen LogP contribution in [0.5, 0.6) is 0 Å². The Morgan fingerprint density at radius 1 is 1.00 bits per heavy atom. The summed E-state index contributed by atoms with van der Waals surface area (Å²) >= 11 is 0. The van der Waals surface area contributed by atoms with E-state index in [1.807, 2.05) is 26.8 Å². The van der Waals surface area contributed by atoms with Gasteiger partial charge in [-0.05, 0) is 26.8 Å². The minimum absolute atomic E-state index is 0.206. The van der Waals surface area contributed by atoms with E-state index in [9.17, 15) is 9.59 Å². The topological polar surface area (TPSA) is 59.1 Å². The highest BCUT2D eigenvalue weighted by molar-refractivity contribution is 6.15. The van der Waals surface area contributed by atoms with Crippen molar-refractivity contribution in [2.24, 2.45) is 0 Å². The second-order valence-corrected chi connectivity index (χ2v) is 5.82. The summed E-state index contributed by atoms with van der Waals surface area (Å²) in [5.41, 5.74) is 0.822. The number of ketones is 1. The molecule has 0 aliphatic rings. The van der Waals surface area contributed by atoms with E-state index in [0.717, 1.165) is 0 Å². The van der Waals surface area contributed by atoms with Crippen molar-refractivity contribution in [3.05, 3.63) is 65.5 Å². The first-order valence-corrected chi connectivity index (χ1v) is 6.75. The Morgan fingerprint density at radius 2 is 1.67 bits per heavy atom. The van der Waals surface area contributed by atoms with Crippen LogP contribution in [0.3, 0.4) is 0 Å². The summed E-state index contributed by atoms with van der Waals surface area (Å²) in [7, 11) is 0. The van der Waals surface area contributed by atoms with Gasteiger partial charge in [0.25, 0.3) is 5.91 Å². The predicted molar refractivity (Wildman–Crippen MR) is 81.3 cm³/mol. The Morgan fingerprint density at radius 3 is 2.29 bits per heavy atom. The highest BCUT2D eigenvalue weighted by Crippen LogP contribution is 2.14. The van der Waals surface area contributed by atoms with Crippen LogP contribution in [0.15, 0.2) is 48.8 Å². The van der Waals surface area contributed by atoms with Crippen molar-refractivity contribution < 1.29 is 9.59 Å². The lowest BCUT2D eigenvalue weighted by molar-refractivity contribution is 0.0910. The van der Waals surface area contributed by atoms with Gasteiger partial charge in [0, 0.05) is 23.5 Å². The lowest BCUT2D eigenvalue weighted by Crippen LogP contribution is -2.41. The molecule has 1 amide bonds. The molecular weight excluding hydrogens is 264 g/mol. The minimum atomic E-state index is -0.368. The van der Waals surface area contributed by atoms with Gasteiger partial charge in [-0.1, -0.05) is 30.3 Å². The van der Waals surface area contributed by atoms with Crippen LogP contribution in [0.2, 0.25) is 0 Å². The van der Waals surface area contributed by atoms with Crippen molar-refractivity contribution in [2.45, 2.75) is 26.3 Å². The normalized spacial score (nSPS) is 11.0. The molecule has 0 saturated carbocycles. The summed E-state index contributed by atoms with van der Waals surface area (Å²) < 4.78 is 0. The SMILES string of the molecule is CC(C)(C)NC(=O)c1ccncc1C(=O)c1ccccc1. The maximum atomic E-state index is 12.5. The van der Waals surface area contributed by atoms with Gasteiger partial charge in [-0.3, -0.25) is 14.6 Å². The van der Waals surface area contributed by atoms with Crippen LogP contribution < -0.4 is 5.32 Å². The number of carbonyl (C=O) groups is 2. The van der Waals surface area contributed by atoms with Crippen LogP contribution in [0, 0.1) is 0 Å². The summed E-state index contributed by atoms with van der Waals surface area (Å²) in [6.07, 6.45) is 2.95. The van der Waals surface area contributed by atoms with Crippen LogP contribution >= 0.6 is 0 Å². The molecule has 0 fully saturated rings. The Bertz CT molecular complexity index is 658. The first-order valence-electron chi connectivity index (χ1n) is 6.75. The standard InChI is InChI=1S/C17H18N2O2/c1-17(2,3)19-16(21)13-9-10-18-11-14(13)15(20)12-7-5-4-6-8-12/h4-11H,1-3H3,(H,19,21). The monoisotopic (exact) mass is 282 g/mol. The van der Waals surface area contributed by atoms with Gasteiger partial charge in [0.05, 0.1) is 11.1 Å². The number of nitrogens with zero attached hydrogens (tertiary/aromatic N) is 1. The molecule has 4 nitrogen and oxygen atoms in total. The Balaban J connectivity index is 2.38. The molecule has 21 heavy (non-hydrogen) atoms. The molecule has 1 aromatic heterocycles. The van der Waals surface area contributed by atoms with Gasteiger partial charge in [0.15, 0.2) is 5.78 Å². The van der Waals surface area contributed by atoms with E-state index in [0.29, 0.717) is 16.7 Å². The smallest absolute Gasteiger partial charge is 0.252 e. The molecule has 108 valence electrons. The first kappa shape index (κ1) is 14.9. The average molecular weight is 282 g/mol. The second kappa shape index (κ2) is 5.87. The molecule has 0 atom stereocenters. The summed E-state index contributed by atoms with van der Waals surface area (Å²) in [5, 5.41) is 2.86. The Kier molecular flexibility index (Phi) is 4.17. The molecular formula is C17H18N2O2. The number of pyridine rings is 1. The number of rotatable bonds is 3. The summed E-state index contributed by atoms with van der Waals surface area (Å²) in [5.74, 6) is -0.480. The van der Waals surface area contributed by atoms with E-state index in [1.165, 1.54) is 12.4 Å². The number of benzene rings is 1. The number of nitrogens with one attached hydrogen (secondary N) is 1. The lowest BCUT2D eigenvalue weighted by Gasteiger charge is -2.21. The van der Waals surface area contributed by atoms with E-state index in [2.05, 4.69) is 10.3 Å². The van der Waals surface area contributed by atoms with E-state index in [-0.39, 0.29) is 17.2 Å². The van der Waals surface area contributed by atoms with Gasteiger partial charge in [0.2, 0.25) is 0 Å². The first-order chi connectivity index (χ1) is 9.88. The van der Waals surface area contributed by atoms with E-state index >= 15 is 0 Å². The fourth-order valence-corrected chi connectivity index (χ4v) is 1.93. The molecule has 1 aromatic carbocycles. The molecule has 1 N–H and O–H groups in total. The van der Waals surface area contributed by atoms with Crippen molar-refractivity contribution in [2.75, 3.05) is 0 Å². The summed E-state index contributed by atoms with van der Waals surface area (Å²) in [6, 6.07) is 10.4. The minimum Gasteiger partial charge on any atom is -0.347 e. The molecule has 2 rings (SSSR count). The molecule has 0 saturated heterocycles. The van der Waals surface area contributed by atoms with Crippen LogP contribution in [-0.4, -0.2) is 22.2 Å². The molecule has 0 aliphatic heterocycles. The fraction of sp³-hybridized carbons (Fsp3) is 0.235. The molecule has 1 heterocycles. The Labute approximate surface area is 124 Å². The van der Waals surface area contributed by atoms with Crippen LogP contribution in [0.4, 0.5) is 0 Å². The third-order valence-corrected chi connectivity index (χ3v) is 2.83. The van der Waals surface area contributed by atoms with Gasteiger partial charge in [-0.25, -0.2) is 0 Å². The molecule has 0 bridgehead atoms. The van der Waals surface area contributed by atoms with Gasteiger partial charge in [0.1, 0.15) is 0 Å². The molecule has 0 aliphatic carbocycles. The van der Waals surface area contributed by atoms with E-state index in [4.69, 9.17) is 0 Å². The predicted octanol–water partition coefficient (Wildman–Crippen LogP) is 2.84. The highest BCUT2D eigenvalue weighted by Gasteiger charge is 2.21. The number of hydrogen-bond donors (Lipinski definition) is 1. The number of aromatic nitrogens is 1. The van der Waals surface area contributed by atoms with Gasteiger partial charge >= 0.3 is 0 Å². The van der Waals surface area contributed by atoms with E-state index < -0.39 is 0 Å².